The van der Waals surface area contributed by atoms with Gasteiger partial charge >= 0.3 is 0 Å². The van der Waals surface area contributed by atoms with Gasteiger partial charge in [-0.05, 0) is 49.2 Å². The van der Waals surface area contributed by atoms with E-state index < -0.39 is 11.4 Å². The summed E-state index contributed by atoms with van der Waals surface area (Å²) in [6.07, 6.45) is 0.478. The largest absolute Gasteiger partial charge is 0.378 e. The van der Waals surface area contributed by atoms with E-state index in [1.165, 1.54) is 11.0 Å². The van der Waals surface area contributed by atoms with Crippen LogP contribution in [0.25, 0.3) is 0 Å². The molecule has 1 N–H and O–H groups in total. The Morgan fingerprint density at radius 2 is 1.62 bits per heavy atom. The second-order valence-corrected chi connectivity index (χ2v) is 9.46. The Bertz CT molecular complexity index is 1200. The van der Waals surface area contributed by atoms with Crippen molar-refractivity contribution in [1.82, 2.24) is 4.90 Å². The maximum Gasteiger partial charge on any atom is 0.250 e. The number of hydrogen-bond donors (Lipinski definition) is 1. The first-order chi connectivity index (χ1) is 17.9. The summed E-state index contributed by atoms with van der Waals surface area (Å²) in [5, 5.41) is 2.99. The summed E-state index contributed by atoms with van der Waals surface area (Å²) in [7, 11) is 0. The number of nitrogens with zero attached hydrogens (tertiary/aromatic N) is 2. The average molecular weight is 504 g/mol. The topological polar surface area (TPSA) is 61.9 Å². The fourth-order valence-electron chi connectivity index (χ4n) is 4.52. The van der Waals surface area contributed by atoms with Crippen molar-refractivity contribution in [3.05, 3.63) is 95.8 Å². The minimum absolute atomic E-state index is 0.00787. The van der Waals surface area contributed by atoms with Gasteiger partial charge in [0, 0.05) is 36.6 Å². The normalized spacial score (nSPS) is 15.1. The smallest absolute Gasteiger partial charge is 0.250 e. The fraction of sp³-hybridized carbons (Fsp3) is 0.333. The number of hydrogen-bond acceptors (Lipinski definition) is 4. The molecule has 1 aliphatic heterocycles. The number of carbonyl (C=O) groups excluding carboxylic acids is 2. The quantitative estimate of drug-likeness (QED) is 0.444. The van der Waals surface area contributed by atoms with Crippen LogP contribution in [0, 0.1) is 5.82 Å². The van der Waals surface area contributed by atoms with Gasteiger partial charge in [0.05, 0.1) is 19.6 Å². The molecule has 1 aliphatic rings. The highest BCUT2D eigenvalue weighted by atomic mass is 19.1. The number of ether oxygens (including phenoxy) is 1. The van der Waals surface area contributed by atoms with E-state index in [1.54, 1.807) is 25.1 Å². The van der Waals surface area contributed by atoms with Gasteiger partial charge in [-0.1, -0.05) is 55.5 Å². The van der Waals surface area contributed by atoms with E-state index in [4.69, 9.17) is 4.74 Å². The van der Waals surface area contributed by atoms with E-state index in [0.717, 1.165) is 24.3 Å². The van der Waals surface area contributed by atoms with E-state index in [1.807, 2.05) is 61.5 Å². The van der Waals surface area contributed by atoms with Crippen molar-refractivity contribution in [2.24, 2.45) is 0 Å². The Morgan fingerprint density at radius 1 is 0.973 bits per heavy atom. The third-order valence-corrected chi connectivity index (χ3v) is 7.06. The van der Waals surface area contributed by atoms with Crippen LogP contribution >= 0.6 is 0 Å². The molecule has 1 heterocycles. The van der Waals surface area contributed by atoms with Crippen molar-refractivity contribution in [1.29, 1.82) is 0 Å². The number of halogens is 1. The number of nitrogens with one attached hydrogen (secondary N) is 1. The maximum atomic E-state index is 14.6. The third kappa shape index (κ3) is 6.35. The predicted molar refractivity (Wildman–Crippen MR) is 144 cm³/mol. The molecule has 0 aliphatic carbocycles. The summed E-state index contributed by atoms with van der Waals surface area (Å²) in [5.74, 6) is -0.957. The summed E-state index contributed by atoms with van der Waals surface area (Å²) >= 11 is 0. The molecule has 3 aromatic carbocycles. The van der Waals surface area contributed by atoms with Crippen molar-refractivity contribution in [3.63, 3.8) is 0 Å². The number of morpholine rings is 1. The van der Waals surface area contributed by atoms with Gasteiger partial charge in [0.25, 0.3) is 0 Å². The molecule has 0 spiro atoms. The molecule has 0 unspecified atom stereocenters. The molecule has 37 heavy (non-hydrogen) atoms. The highest BCUT2D eigenvalue weighted by Crippen LogP contribution is 2.27. The Morgan fingerprint density at radius 3 is 2.27 bits per heavy atom. The minimum atomic E-state index is -1.20. The Hall–Kier alpha value is -3.71. The first kappa shape index (κ1) is 26.4. The number of carbonyl (C=O) groups is 2. The van der Waals surface area contributed by atoms with Crippen LogP contribution < -0.4 is 10.2 Å². The minimum Gasteiger partial charge on any atom is -0.378 e. The van der Waals surface area contributed by atoms with E-state index in [0.29, 0.717) is 30.9 Å². The van der Waals surface area contributed by atoms with Crippen LogP contribution in [0.1, 0.15) is 31.4 Å². The third-order valence-electron chi connectivity index (χ3n) is 7.06. The van der Waals surface area contributed by atoms with Crippen molar-refractivity contribution in [3.8, 4) is 0 Å². The zero-order chi connectivity index (χ0) is 26.3. The highest BCUT2D eigenvalue weighted by molar-refractivity contribution is 6.00. The van der Waals surface area contributed by atoms with E-state index in [9.17, 15) is 14.0 Å². The molecule has 194 valence electrons. The van der Waals surface area contributed by atoms with Gasteiger partial charge in [-0.25, -0.2) is 4.39 Å². The number of benzene rings is 3. The molecule has 0 bridgehead atoms. The summed E-state index contributed by atoms with van der Waals surface area (Å²) in [4.78, 5) is 31.1. The van der Waals surface area contributed by atoms with Crippen LogP contribution in [0.15, 0.2) is 78.9 Å². The molecule has 4 rings (SSSR count). The molecule has 1 saturated heterocycles. The summed E-state index contributed by atoms with van der Waals surface area (Å²) in [6, 6.07) is 23.4. The molecule has 3 aromatic rings. The Labute approximate surface area is 218 Å². The second-order valence-electron chi connectivity index (χ2n) is 9.46. The lowest BCUT2D eigenvalue weighted by Crippen LogP contribution is -2.56. The van der Waals surface area contributed by atoms with Crippen molar-refractivity contribution < 1.29 is 18.7 Å². The number of anilines is 2. The van der Waals surface area contributed by atoms with E-state index in [2.05, 4.69) is 10.2 Å². The van der Waals surface area contributed by atoms with Crippen LogP contribution in [0.4, 0.5) is 15.8 Å². The molecular weight excluding hydrogens is 469 g/mol. The zero-order valence-electron chi connectivity index (χ0n) is 21.5. The maximum absolute atomic E-state index is 14.6. The zero-order valence-corrected chi connectivity index (χ0v) is 21.5. The van der Waals surface area contributed by atoms with Gasteiger partial charge in [-0.15, -0.1) is 0 Å². The number of rotatable bonds is 9. The van der Waals surface area contributed by atoms with E-state index in [-0.39, 0.29) is 24.8 Å². The second kappa shape index (κ2) is 12.0. The highest BCUT2D eigenvalue weighted by Gasteiger charge is 2.41. The molecule has 0 radical (unpaired) electrons. The predicted octanol–water partition coefficient (Wildman–Crippen LogP) is 5.04. The lowest BCUT2D eigenvalue weighted by Gasteiger charge is -2.40. The SMILES string of the molecule is CC[C@](C)(C(=O)Nc1ccc(N2CCOCC2)cc1)N(Cc1ccccc1F)C(=O)Cc1ccccc1. The van der Waals surface area contributed by atoms with Gasteiger partial charge in [-0.2, -0.15) is 0 Å². The van der Waals surface area contributed by atoms with Crippen LogP contribution in [-0.4, -0.2) is 48.6 Å². The Balaban J connectivity index is 1.57. The average Bonchev–Trinajstić information content (AvgIpc) is 2.93. The van der Waals surface area contributed by atoms with Crippen molar-refractivity contribution in [2.45, 2.75) is 38.8 Å². The van der Waals surface area contributed by atoms with Gasteiger partial charge in [0.2, 0.25) is 11.8 Å². The van der Waals surface area contributed by atoms with Crippen LogP contribution in [0.3, 0.4) is 0 Å². The molecule has 1 atom stereocenters. The number of amides is 2. The van der Waals surface area contributed by atoms with Gasteiger partial charge < -0.3 is 19.9 Å². The molecule has 1 fully saturated rings. The summed E-state index contributed by atoms with van der Waals surface area (Å²) < 4.78 is 20.0. The van der Waals surface area contributed by atoms with Gasteiger partial charge in [-0.3, -0.25) is 9.59 Å². The molecule has 0 saturated carbocycles. The van der Waals surface area contributed by atoms with Crippen LogP contribution in [0.5, 0.6) is 0 Å². The first-order valence-corrected chi connectivity index (χ1v) is 12.7. The Kier molecular flexibility index (Phi) is 8.56. The van der Waals surface area contributed by atoms with Crippen LogP contribution in [0.2, 0.25) is 0 Å². The monoisotopic (exact) mass is 503 g/mol. The molecular formula is C30H34FN3O3. The van der Waals surface area contributed by atoms with Crippen molar-refractivity contribution >= 4 is 23.2 Å². The van der Waals surface area contributed by atoms with Crippen LogP contribution in [-0.2, 0) is 27.3 Å². The standard InChI is InChI=1S/C30H34FN3O3/c1-3-30(2,29(36)32-25-13-15-26(16-14-25)33-17-19-37-20-18-33)34(22-24-11-7-8-12-27(24)31)28(35)21-23-9-5-4-6-10-23/h4-16H,3,17-22H2,1-2H3,(H,32,36)/t30-/m1/s1. The summed E-state index contributed by atoms with van der Waals surface area (Å²) in [5.41, 5.74) is 1.72. The lowest BCUT2D eigenvalue weighted by atomic mass is 9.92. The molecule has 2 amide bonds. The van der Waals surface area contributed by atoms with E-state index >= 15 is 0 Å². The first-order valence-electron chi connectivity index (χ1n) is 12.7. The fourth-order valence-corrected chi connectivity index (χ4v) is 4.52. The van der Waals surface area contributed by atoms with Crippen molar-refractivity contribution in [2.75, 3.05) is 36.5 Å². The molecule has 6 nitrogen and oxygen atoms in total. The lowest BCUT2D eigenvalue weighted by molar-refractivity contribution is -0.145. The van der Waals surface area contributed by atoms with Gasteiger partial charge in [0.1, 0.15) is 11.4 Å². The molecule has 7 heteroatoms. The van der Waals surface area contributed by atoms with Gasteiger partial charge in [0.15, 0.2) is 0 Å². The molecule has 0 aromatic heterocycles. The summed E-state index contributed by atoms with van der Waals surface area (Å²) in [6.45, 7) is 6.65.